The number of aromatic hydroxyl groups is 1. The van der Waals surface area contributed by atoms with Crippen molar-refractivity contribution >= 4 is 34.6 Å². The van der Waals surface area contributed by atoms with Crippen LogP contribution in [0.25, 0.3) is 33.4 Å². The fourth-order valence-electron chi connectivity index (χ4n) is 4.11. The second kappa shape index (κ2) is 10.6. The summed E-state index contributed by atoms with van der Waals surface area (Å²) in [6.45, 7) is 12.2. The zero-order chi connectivity index (χ0) is 27.6. The van der Waals surface area contributed by atoms with E-state index in [1.54, 1.807) is 23.9 Å². The largest absolute Gasteiger partial charge is 0.508 e. The van der Waals surface area contributed by atoms with E-state index in [0.717, 1.165) is 5.57 Å². The fourth-order valence-corrected chi connectivity index (χ4v) is 5.11. The first kappa shape index (κ1) is 26.8. The number of carboxylic acid groups (broad SMARTS) is 1. The van der Waals surface area contributed by atoms with Crippen molar-refractivity contribution in [3.8, 4) is 28.2 Å². The van der Waals surface area contributed by atoms with Crippen molar-refractivity contribution in [3.63, 3.8) is 0 Å². The lowest BCUT2D eigenvalue weighted by Gasteiger charge is -2.25. The van der Waals surface area contributed by atoms with E-state index in [1.165, 1.54) is 42.5 Å². The number of carbonyl (C=O) groups excluding carboxylic acids is 1. The smallest absolute Gasteiger partial charge is 0.336 e. The summed E-state index contributed by atoms with van der Waals surface area (Å²) in [5.74, 6) is -0.719. The maximum atomic E-state index is 13.1. The van der Waals surface area contributed by atoms with E-state index in [4.69, 9.17) is 4.42 Å². The van der Waals surface area contributed by atoms with Gasteiger partial charge in [-0.15, -0.1) is 18.3 Å². The van der Waals surface area contributed by atoms with E-state index in [-0.39, 0.29) is 49.9 Å². The Morgan fingerprint density at radius 1 is 1.11 bits per heavy atom. The van der Waals surface area contributed by atoms with Crippen molar-refractivity contribution in [2.75, 3.05) is 12.3 Å². The van der Waals surface area contributed by atoms with E-state index < -0.39 is 5.97 Å². The summed E-state index contributed by atoms with van der Waals surface area (Å²) >= 11 is 1.61. The molecular weight excluding hydrogens is 502 g/mol. The molecule has 194 valence electrons. The first-order chi connectivity index (χ1) is 18.0. The van der Waals surface area contributed by atoms with Gasteiger partial charge in [0, 0.05) is 46.5 Å². The highest BCUT2D eigenvalue weighted by atomic mass is 32.2. The second-order valence-corrected chi connectivity index (χ2v) is 10.6. The molecule has 0 radical (unpaired) electrons. The third kappa shape index (κ3) is 5.21. The van der Waals surface area contributed by atoms with Gasteiger partial charge < -0.3 is 19.9 Å². The highest BCUT2D eigenvalue weighted by Gasteiger charge is 2.24. The number of rotatable bonds is 9. The SMILES string of the molecule is C=CC(C)(SCCNC(=O)c1ccc(C(=O)O)c(-c2c3ccc(=O)cc-3oc3cc(O)ccc23)c1)C(=C)C. The lowest BCUT2D eigenvalue weighted by molar-refractivity contribution is 0.0697. The molecule has 38 heavy (non-hydrogen) atoms. The molecule has 7 nitrogen and oxygen atoms in total. The molecule has 1 heterocycles. The summed E-state index contributed by atoms with van der Waals surface area (Å²) < 4.78 is 5.56. The number of fused-ring (bicyclic) bond motifs is 2. The topological polar surface area (TPSA) is 117 Å². The molecule has 8 heteroatoms. The molecule has 1 aliphatic heterocycles. The molecule has 2 aromatic carbocycles. The Morgan fingerprint density at radius 2 is 1.87 bits per heavy atom. The first-order valence-corrected chi connectivity index (χ1v) is 12.8. The Hall–Kier alpha value is -4.30. The van der Waals surface area contributed by atoms with Gasteiger partial charge in [0.2, 0.25) is 0 Å². The number of hydrogen-bond donors (Lipinski definition) is 3. The summed E-state index contributed by atoms with van der Waals surface area (Å²) in [4.78, 5) is 37.3. The van der Waals surface area contributed by atoms with Crippen molar-refractivity contribution in [1.29, 1.82) is 0 Å². The van der Waals surface area contributed by atoms with Crippen LogP contribution in [0.1, 0.15) is 34.6 Å². The number of carbonyl (C=O) groups is 2. The maximum absolute atomic E-state index is 13.1. The quantitative estimate of drug-likeness (QED) is 0.139. The minimum Gasteiger partial charge on any atom is -0.508 e. The third-order valence-corrected chi connectivity index (χ3v) is 8.01. The second-order valence-electron chi connectivity index (χ2n) is 9.08. The van der Waals surface area contributed by atoms with Gasteiger partial charge in [0.1, 0.15) is 17.1 Å². The summed E-state index contributed by atoms with van der Waals surface area (Å²) in [7, 11) is 0. The molecule has 0 saturated carbocycles. The van der Waals surface area contributed by atoms with Crippen LogP contribution >= 0.6 is 11.8 Å². The normalized spacial score (nSPS) is 12.7. The Bertz CT molecular complexity index is 1620. The van der Waals surface area contributed by atoms with E-state index in [9.17, 15) is 24.6 Å². The monoisotopic (exact) mass is 529 g/mol. The number of thioether (sulfide) groups is 1. The van der Waals surface area contributed by atoms with Crippen LogP contribution in [0, 0.1) is 0 Å². The van der Waals surface area contributed by atoms with Gasteiger partial charge in [-0.3, -0.25) is 9.59 Å². The first-order valence-electron chi connectivity index (χ1n) is 11.8. The van der Waals surface area contributed by atoms with Crippen LogP contribution in [0.3, 0.4) is 0 Å². The van der Waals surface area contributed by atoms with Gasteiger partial charge in [-0.1, -0.05) is 18.2 Å². The third-order valence-electron chi connectivity index (χ3n) is 6.48. The fraction of sp³-hybridized carbons (Fsp3) is 0.167. The summed E-state index contributed by atoms with van der Waals surface area (Å²) in [6, 6.07) is 13.1. The van der Waals surface area contributed by atoms with Crippen LogP contribution in [0.15, 0.2) is 88.6 Å². The maximum Gasteiger partial charge on any atom is 0.336 e. The molecule has 2 aromatic rings. The van der Waals surface area contributed by atoms with Crippen LogP contribution in [-0.2, 0) is 0 Å². The van der Waals surface area contributed by atoms with Crippen molar-refractivity contribution in [2.24, 2.45) is 0 Å². The molecule has 0 saturated heterocycles. The molecule has 0 bridgehead atoms. The predicted molar refractivity (Wildman–Crippen MR) is 151 cm³/mol. The number of nitrogens with one attached hydrogen (secondary N) is 1. The molecule has 1 amide bonds. The van der Waals surface area contributed by atoms with E-state index >= 15 is 0 Å². The minimum atomic E-state index is -1.17. The van der Waals surface area contributed by atoms with Crippen LogP contribution in [0.4, 0.5) is 0 Å². The summed E-state index contributed by atoms with van der Waals surface area (Å²) in [5.41, 5.74) is 2.48. The Kier molecular flexibility index (Phi) is 7.46. The van der Waals surface area contributed by atoms with Gasteiger partial charge in [-0.05, 0) is 61.9 Å². The molecule has 0 aromatic heterocycles. The molecule has 2 aliphatic rings. The number of phenolic OH excluding ortho intramolecular Hbond substituents is 1. The predicted octanol–water partition coefficient (Wildman–Crippen LogP) is 5.95. The molecule has 0 spiro atoms. The highest BCUT2D eigenvalue weighted by Crippen LogP contribution is 2.42. The molecule has 1 atom stereocenters. The lowest BCUT2D eigenvalue weighted by Crippen LogP contribution is -2.28. The van der Waals surface area contributed by atoms with Gasteiger partial charge in [0.05, 0.1) is 10.3 Å². The van der Waals surface area contributed by atoms with Crippen molar-refractivity contribution in [3.05, 3.63) is 101 Å². The van der Waals surface area contributed by atoms with Crippen molar-refractivity contribution in [2.45, 2.75) is 18.6 Å². The van der Waals surface area contributed by atoms with Crippen LogP contribution in [-0.4, -0.2) is 39.1 Å². The summed E-state index contributed by atoms with van der Waals surface area (Å²) in [5, 5.41) is 23.4. The van der Waals surface area contributed by atoms with Gasteiger partial charge in [-0.25, -0.2) is 4.79 Å². The highest BCUT2D eigenvalue weighted by molar-refractivity contribution is 8.01. The van der Waals surface area contributed by atoms with E-state index in [1.807, 2.05) is 19.9 Å². The van der Waals surface area contributed by atoms with Gasteiger partial charge >= 0.3 is 5.97 Å². The number of benzene rings is 3. The number of aromatic carboxylic acids is 1. The molecular formula is C30H27NO6S. The Labute approximate surface area is 223 Å². The van der Waals surface area contributed by atoms with Crippen molar-refractivity contribution < 1.29 is 24.2 Å². The van der Waals surface area contributed by atoms with Crippen LogP contribution in [0.5, 0.6) is 5.75 Å². The molecule has 1 aliphatic carbocycles. The van der Waals surface area contributed by atoms with E-state index in [0.29, 0.717) is 28.8 Å². The standard InChI is InChI=1S/C30H27NO6S/c1-5-30(4,17(2)3)38-13-12-31-28(34)18-6-9-21(29(35)36)24(14-18)27-22-10-7-19(32)15-25(22)37-26-16-20(33)8-11-23(26)27/h5-11,14-16,32H,1-2,12-13H2,3-4H3,(H,31,34)(H,35,36). The Morgan fingerprint density at radius 3 is 2.55 bits per heavy atom. The number of phenols is 1. The average Bonchev–Trinajstić information content (AvgIpc) is 2.88. The zero-order valence-corrected chi connectivity index (χ0v) is 21.9. The lowest BCUT2D eigenvalue weighted by atomic mass is 9.89. The molecule has 1 unspecified atom stereocenters. The zero-order valence-electron chi connectivity index (χ0n) is 21.0. The van der Waals surface area contributed by atoms with Crippen LogP contribution in [0.2, 0.25) is 0 Å². The number of carboxylic acids is 1. The number of amides is 1. The van der Waals surface area contributed by atoms with Crippen LogP contribution < -0.4 is 10.7 Å². The van der Waals surface area contributed by atoms with Gasteiger partial charge in [0.25, 0.3) is 5.91 Å². The minimum absolute atomic E-state index is 0.0200. The van der Waals surface area contributed by atoms with E-state index in [2.05, 4.69) is 18.5 Å². The van der Waals surface area contributed by atoms with Crippen molar-refractivity contribution in [1.82, 2.24) is 5.32 Å². The van der Waals surface area contributed by atoms with Gasteiger partial charge in [0.15, 0.2) is 5.43 Å². The molecule has 4 rings (SSSR count). The van der Waals surface area contributed by atoms with Gasteiger partial charge in [-0.2, -0.15) is 0 Å². The molecule has 0 fully saturated rings. The summed E-state index contributed by atoms with van der Waals surface area (Å²) in [6.07, 6.45) is 1.83. The average molecular weight is 530 g/mol. The number of hydrogen-bond acceptors (Lipinski definition) is 6. The Balaban J connectivity index is 1.76. The molecule has 3 N–H and O–H groups in total.